The number of benzene rings is 1. The lowest BCUT2D eigenvalue weighted by atomic mass is 9.96. The van der Waals surface area contributed by atoms with Crippen LogP contribution in [0.1, 0.15) is 36.8 Å². The van der Waals surface area contributed by atoms with Gasteiger partial charge in [0.05, 0.1) is 5.56 Å². The molecule has 1 unspecified atom stereocenters. The Hall–Kier alpha value is -1.53. The summed E-state index contributed by atoms with van der Waals surface area (Å²) in [4.78, 5) is 12.0. The summed E-state index contributed by atoms with van der Waals surface area (Å²) >= 11 is 0. The van der Waals surface area contributed by atoms with Crippen molar-refractivity contribution >= 4 is 18.3 Å². The van der Waals surface area contributed by atoms with E-state index >= 15 is 0 Å². The van der Waals surface area contributed by atoms with Crippen LogP contribution in [0.2, 0.25) is 0 Å². The Bertz CT molecular complexity index is 570. The quantitative estimate of drug-likeness (QED) is 0.785. The molecule has 0 fully saturated rings. The SMILES string of the molecule is CC(CC(=O)NCC1=CCNCC1)c1ccc(C(F)(F)F)cc1.Cl. The van der Waals surface area contributed by atoms with Crippen molar-refractivity contribution in [2.45, 2.75) is 31.9 Å². The van der Waals surface area contributed by atoms with Gasteiger partial charge in [0.1, 0.15) is 0 Å². The molecule has 24 heavy (non-hydrogen) atoms. The molecule has 2 N–H and O–H groups in total. The highest BCUT2D eigenvalue weighted by atomic mass is 35.5. The molecule has 1 aliphatic heterocycles. The van der Waals surface area contributed by atoms with Crippen LogP contribution < -0.4 is 10.6 Å². The van der Waals surface area contributed by atoms with Crippen molar-refractivity contribution in [1.82, 2.24) is 10.6 Å². The minimum Gasteiger partial charge on any atom is -0.352 e. The summed E-state index contributed by atoms with van der Waals surface area (Å²) in [5.74, 6) is -0.212. The van der Waals surface area contributed by atoms with E-state index in [-0.39, 0.29) is 30.7 Å². The van der Waals surface area contributed by atoms with Crippen LogP contribution in [-0.2, 0) is 11.0 Å². The van der Waals surface area contributed by atoms with E-state index in [1.165, 1.54) is 17.7 Å². The van der Waals surface area contributed by atoms with E-state index in [0.717, 1.165) is 37.2 Å². The fraction of sp³-hybridized carbons (Fsp3) is 0.471. The second-order valence-corrected chi connectivity index (χ2v) is 5.82. The number of nitrogens with one attached hydrogen (secondary N) is 2. The molecular formula is C17H22ClF3N2O. The summed E-state index contributed by atoms with van der Waals surface area (Å²) < 4.78 is 37.6. The number of amides is 1. The van der Waals surface area contributed by atoms with Gasteiger partial charge in [0, 0.05) is 19.5 Å². The van der Waals surface area contributed by atoms with E-state index in [4.69, 9.17) is 0 Å². The first-order chi connectivity index (χ1) is 10.9. The molecule has 1 aromatic carbocycles. The van der Waals surface area contributed by atoms with Crippen molar-refractivity contribution in [1.29, 1.82) is 0 Å². The van der Waals surface area contributed by atoms with Crippen LogP contribution in [0.15, 0.2) is 35.9 Å². The maximum Gasteiger partial charge on any atom is 0.416 e. The van der Waals surface area contributed by atoms with Crippen molar-refractivity contribution in [3.8, 4) is 0 Å². The molecule has 7 heteroatoms. The molecule has 1 amide bonds. The Labute approximate surface area is 146 Å². The van der Waals surface area contributed by atoms with Gasteiger partial charge in [-0.15, -0.1) is 12.4 Å². The van der Waals surface area contributed by atoms with Gasteiger partial charge in [-0.25, -0.2) is 0 Å². The summed E-state index contributed by atoms with van der Waals surface area (Å²) in [6.07, 6.45) is -1.07. The van der Waals surface area contributed by atoms with Crippen LogP contribution in [0, 0.1) is 0 Å². The molecule has 3 nitrogen and oxygen atoms in total. The van der Waals surface area contributed by atoms with Gasteiger partial charge < -0.3 is 10.6 Å². The second-order valence-electron chi connectivity index (χ2n) is 5.82. The minimum atomic E-state index is -4.33. The van der Waals surface area contributed by atoms with Gasteiger partial charge >= 0.3 is 6.18 Å². The summed E-state index contributed by atoms with van der Waals surface area (Å²) in [5.41, 5.74) is 1.27. The van der Waals surface area contributed by atoms with Crippen molar-refractivity contribution in [2.24, 2.45) is 0 Å². The van der Waals surface area contributed by atoms with Crippen LogP contribution in [0.4, 0.5) is 13.2 Å². The van der Waals surface area contributed by atoms with E-state index in [0.29, 0.717) is 6.54 Å². The number of carbonyl (C=O) groups is 1. The molecule has 2 rings (SSSR count). The fourth-order valence-corrected chi connectivity index (χ4v) is 2.51. The van der Waals surface area contributed by atoms with E-state index in [9.17, 15) is 18.0 Å². The number of rotatable bonds is 5. The molecule has 0 saturated carbocycles. The zero-order valence-electron chi connectivity index (χ0n) is 13.5. The third kappa shape index (κ3) is 6.17. The van der Waals surface area contributed by atoms with Gasteiger partial charge in [-0.1, -0.05) is 30.7 Å². The number of alkyl halides is 3. The van der Waals surface area contributed by atoms with Crippen molar-refractivity contribution in [2.75, 3.05) is 19.6 Å². The van der Waals surface area contributed by atoms with Crippen LogP contribution in [-0.4, -0.2) is 25.5 Å². The molecule has 1 atom stereocenters. The predicted molar refractivity (Wildman–Crippen MR) is 90.3 cm³/mol. The molecule has 0 radical (unpaired) electrons. The Morgan fingerprint density at radius 3 is 2.50 bits per heavy atom. The Morgan fingerprint density at radius 1 is 1.29 bits per heavy atom. The number of hydrogen-bond acceptors (Lipinski definition) is 2. The lowest BCUT2D eigenvalue weighted by molar-refractivity contribution is -0.137. The molecule has 1 aliphatic rings. The van der Waals surface area contributed by atoms with Crippen LogP contribution >= 0.6 is 12.4 Å². The zero-order chi connectivity index (χ0) is 16.9. The molecule has 1 aromatic rings. The highest BCUT2D eigenvalue weighted by Gasteiger charge is 2.30. The Kier molecular flexibility index (Phi) is 7.76. The second kappa shape index (κ2) is 9.08. The highest BCUT2D eigenvalue weighted by Crippen LogP contribution is 2.30. The monoisotopic (exact) mass is 362 g/mol. The molecule has 1 heterocycles. The lowest BCUT2D eigenvalue weighted by Gasteiger charge is -2.16. The summed E-state index contributed by atoms with van der Waals surface area (Å²) in [7, 11) is 0. The van der Waals surface area contributed by atoms with Crippen molar-refractivity contribution in [3.05, 3.63) is 47.0 Å². The third-order valence-electron chi connectivity index (χ3n) is 3.97. The zero-order valence-corrected chi connectivity index (χ0v) is 14.3. The number of carbonyl (C=O) groups excluding carboxylic acids is 1. The summed E-state index contributed by atoms with van der Waals surface area (Å²) in [6.45, 7) is 4.13. The van der Waals surface area contributed by atoms with Crippen LogP contribution in [0.3, 0.4) is 0 Å². The molecule has 0 aromatic heterocycles. The van der Waals surface area contributed by atoms with E-state index in [1.54, 1.807) is 0 Å². The predicted octanol–water partition coefficient (Wildman–Crippen LogP) is 3.66. The first-order valence-electron chi connectivity index (χ1n) is 7.68. The standard InChI is InChI=1S/C17H21F3N2O.ClH/c1-12(14-2-4-15(5-3-14)17(18,19)20)10-16(23)22-11-13-6-8-21-9-7-13;/h2-6,12,21H,7-11H2,1H3,(H,22,23);1H. The topological polar surface area (TPSA) is 41.1 Å². The van der Waals surface area contributed by atoms with Gasteiger partial charge in [-0.05, 0) is 36.6 Å². The largest absolute Gasteiger partial charge is 0.416 e. The smallest absolute Gasteiger partial charge is 0.352 e. The maximum absolute atomic E-state index is 12.5. The van der Waals surface area contributed by atoms with Gasteiger partial charge in [0.25, 0.3) is 0 Å². The molecular weight excluding hydrogens is 341 g/mol. The summed E-state index contributed by atoms with van der Waals surface area (Å²) in [5, 5.41) is 6.08. The molecule has 0 aliphatic carbocycles. The Morgan fingerprint density at radius 2 is 1.96 bits per heavy atom. The average Bonchev–Trinajstić information content (AvgIpc) is 2.53. The van der Waals surface area contributed by atoms with E-state index in [2.05, 4.69) is 16.7 Å². The van der Waals surface area contributed by atoms with E-state index in [1.807, 2.05) is 6.92 Å². The lowest BCUT2D eigenvalue weighted by Crippen LogP contribution is -2.30. The third-order valence-corrected chi connectivity index (χ3v) is 3.97. The Balaban J connectivity index is 0.00000288. The van der Waals surface area contributed by atoms with Gasteiger partial charge in [0.2, 0.25) is 5.91 Å². The van der Waals surface area contributed by atoms with Crippen LogP contribution in [0.5, 0.6) is 0 Å². The maximum atomic E-state index is 12.5. The van der Waals surface area contributed by atoms with Crippen molar-refractivity contribution in [3.63, 3.8) is 0 Å². The number of halogens is 4. The molecule has 0 spiro atoms. The molecule has 0 bridgehead atoms. The van der Waals surface area contributed by atoms with Gasteiger partial charge in [0.15, 0.2) is 0 Å². The van der Waals surface area contributed by atoms with Gasteiger partial charge in [-0.2, -0.15) is 13.2 Å². The normalized spacial score (nSPS) is 15.9. The number of hydrogen-bond donors (Lipinski definition) is 2. The first-order valence-corrected chi connectivity index (χ1v) is 7.68. The minimum absolute atomic E-state index is 0. The fourth-order valence-electron chi connectivity index (χ4n) is 2.51. The van der Waals surface area contributed by atoms with Crippen molar-refractivity contribution < 1.29 is 18.0 Å². The molecule has 0 saturated heterocycles. The molecule has 134 valence electrons. The first kappa shape index (κ1) is 20.5. The summed E-state index contributed by atoms with van der Waals surface area (Å²) in [6, 6.07) is 5.00. The highest BCUT2D eigenvalue weighted by molar-refractivity contribution is 5.85. The average molecular weight is 363 g/mol. The van der Waals surface area contributed by atoms with Gasteiger partial charge in [-0.3, -0.25) is 4.79 Å². The van der Waals surface area contributed by atoms with Crippen LogP contribution in [0.25, 0.3) is 0 Å². The van der Waals surface area contributed by atoms with E-state index < -0.39 is 11.7 Å².